The molecule has 1 saturated heterocycles. The van der Waals surface area contributed by atoms with Gasteiger partial charge in [0.2, 0.25) is 0 Å². The molecule has 0 aliphatic carbocycles. The Balaban J connectivity index is 1.44. The molecule has 1 amide bonds. The van der Waals surface area contributed by atoms with Crippen molar-refractivity contribution in [3.63, 3.8) is 0 Å². The average Bonchev–Trinajstić information content (AvgIpc) is 3.18. The number of hydrogen-bond acceptors (Lipinski definition) is 5. The van der Waals surface area contributed by atoms with Gasteiger partial charge < -0.3 is 20.1 Å². The molecule has 4 rings (SSSR count). The Bertz CT molecular complexity index is 1160. The Morgan fingerprint density at radius 2 is 1.71 bits per heavy atom. The van der Waals surface area contributed by atoms with E-state index >= 15 is 0 Å². The zero-order valence-electron chi connectivity index (χ0n) is 19.1. The van der Waals surface area contributed by atoms with Gasteiger partial charge >= 0.3 is 0 Å². The quantitative estimate of drug-likeness (QED) is 0.333. The maximum absolute atomic E-state index is 12.5. The summed E-state index contributed by atoms with van der Waals surface area (Å²) in [4.78, 5) is 13.2. The van der Waals surface area contributed by atoms with Crippen molar-refractivity contribution in [3.8, 4) is 11.5 Å². The van der Waals surface area contributed by atoms with Crippen LogP contribution in [0.15, 0.2) is 71.6 Å². The van der Waals surface area contributed by atoms with E-state index in [0.29, 0.717) is 34.6 Å². The number of rotatable bonds is 9. The molecule has 1 aliphatic rings. The van der Waals surface area contributed by atoms with Crippen molar-refractivity contribution >= 4 is 41.0 Å². The minimum Gasteiger partial charge on any atom is -0.490 e. The van der Waals surface area contributed by atoms with E-state index in [4.69, 9.17) is 21.1 Å². The normalized spacial score (nSPS) is 16.4. The zero-order chi connectivity index (χ0) is 23.9. The lowest BCUT2D eigenvalue weighted by molar-refractivity contribution is -0.116. The summed E-state index contributed by atoms with van der Waals surface area (Å²) in [7, 11) is 0. The van der Waals surface area contributed by atoms with Crippen LogP contribution in [0.5, 0.6) is 11.5 Å². The van der Waals surface area contributed by atoms with E-state index in [1.165, 1.54) is 17.3 Å². The number of nitrogens with one attached hydrogen (secondary N) is 2. The SMILES string of the molecule is CCOc1cc(/C=C2\S[C@@H](Nc3ccc(CC)cc3)NC2=O)ccc1OCc1ccc(Cl)cc1. The number of aryl methyl sites for hydroxylation is 1. The van der Waals surface area contributed by atoms with Crippen LogP contribution in [0.25, 0.3) is 6.08 Å². The number of carbonyl (C=O) groups excluding carboxylic acids is 1. The second-order valence-corrected chi connectivity index (χ2v) is 9.31. The fourth-order valence-corrected chi connectivity index (χ4v) is 4.56. The molecule has 1 fully saturated rings. The van der Waals surface area contributed by atoms with Crippen LogP contribution in [0.4, 0.5) is 5.69 Å². The summed E-state index contributed by atoms with van der Waals surface area (Å²) < 4.78 is 11.8. The topological polar surface area (TPSA) is 59.6 Å². The molecular formula is C27H27ClN2O3S. The highest BCUT2D eigenvalue weighted by Gasteiger charge is 2.27. The summed E-state index contributed by atoms with van der Waals surface area (Å²) in [6, 6.07) is 21.5. The predicted molar refractivity (Wildman–Crippen MR) is 140 cm³/mol. The number of hydrogen-bond donors (Lipinski definition) is 2. The van der Waals surface area contributed by atoms with E-state index in [-0.39, 0.29) is 11.4 Å². The van der Waals surface area contributed by atoms with Gasteiger partial charge in [-0.25, -0.2) is 0 Å². The number of halogens is 1. The summed E-state index contributed by atoms with van der Waals surface area (Å²) in [5.74, 6) is 1.19. The Hall–Kier alpha value is -3.09. The third-order valence-corrected chi connectivity index (χ3v) is 6.54. The van der Waals surface area contributed by atoms with Gasteiger partial charge in [0.25, 0.3) is 5.91 Å². The maximum Gasteiger partial charge on any atom is 0.260 e. The lowest BCUT2D eigenvalue weighted by Crippen LogP contribution is -2.30. The van der Waals surface area contributed by atoms with Crippen molar-refractivity contribution < 1.29 is 14.3 Å². The summed E-state index contributed by atoms with van der Waals surface area (Å²) >= 11 is 7.41. The minimum absolute atomic E-state index is 0.103. The molecule has 0 radical (unpaired) electrons. The molecule has 3 aromatic carbocycles. The lowest BCUT2D eigenvalue weighted by Gasteiger charge is -2.13. The van der Waals surface area contributed by atoms with Crippen molar-refractivity contribution in [2.45, 2.75) is 32.4 Å². The van der Waals surface area contributed by atoms with Gasteiger partial charge in [-0.05, 0) is 72.5 Å². The molecule has 0 bridgehead atoms. The summed E-state index contributed by atoms with van der Waals surface area (Å²) in [6.07, 6.45) is 2.87. The maximum atomic E-state index is 12.5. The molecule has 3 aromatic rings. The highest BCUT2D eigenvalue weighted by molar-refractivity contribution is 8.05. The molecule has 1 aliphatic heterocycles. The molecule has 2 N–H and O–H groups in total. The number of anilines is 1. The highest BCUT2D eigenvalue weighted by atomic mass is 35.5. The van der Waals surface area contributed by atoms with Crippen LogP contribution in [-0.2, 0) is 17.8 Å². The molecule has 0 spiro atoms. The number of carbonyl (C=O) groups is 1. The monoisotopic (exact) mass is 494 g/mol. The van der Waals surface area contributed by atoms with Gasteiger partial charge in [0.05, 0.1) is 11.5 Å². The minimum atomic E-state index is -0.223. The second kappa shape index (κ2) is 11.4. The van der Waals surface area contributed by atoms with Gasteiger partial charge in [-0.3, -0.25) is 4.79 Å². The molecule has 7 heteroatoms. The van der Waals surface area contributed by atoms with Crippen LogP contribution in [0.3, 0.4) is 0 Å². The zero-order valence-corrected chi connectivity index (χ0v) is 20.7. The van der Waals surface area contributed by atoms with Crippen molar-refractivity contribution in [2.75, 3.05) is 11.9 Å². The second-order valence-electron chi connectivity index (χ2n) is 7.73. The summed E-state index contributed by atoms with van der Waals surface area (Å²) in [5, 5.41) is 7.02. The fraction of sp³-hybridized carbons (Fsp3) is 0.222. The number of benzene rings is 3. The van der Waals surface area contributed by atoms with Crippen LogP contribution in [0, 0.1) is 0 Å². The van der Waals surface area contributed by atoms with E-state index in [0.717, 1.165) is 23.2 Å². The molecule has 5 nitrogen and oxygen atoms in total. The Kier molecular flexibility index (Phi) is 8.03. The summed E-state index contributed by atoms with van der Waals surface area (Å²) in [5.41, 5.74) is 3.91. The first kappa shape index (κ1) is 24.0. The Morgan fingerprint density at radius 1 is 0.971 bits per heavy atom. The third kappa shape index (κ3) is 6.27. The highest BCUT2D eigenvalue weighted by Crippen LogP contribution is 2.34. The van der Waals surface area contributed by atoms with Crippen molar-refractivity contribution in [1.29, 1.82) is 0 Å². The van der Waals surface area contributed by atoms with E-state index in [1.54, 1.807) is 0 Å². The van der Waals surface area contributed by atoms with Crippen molar-refractivity contribution in [1.82, 2.24) is 5.32 Å². The molecule has 0 aromatic heterocycles. The average molecular weight is 495 g/mol. The first-order valence-electron chi connectivity index (χ1n) is 11.2. The van der Waals surface area contributed by atoms with Crippen LogP contribution in [0.2, 0.25) is 5.02 Å². The van der Waals surface area contributed by atoms with E-state index < -0.39 is 0 Å². The Labute approximate surface area is 209 Å². The largest absolute Gasteiger partial charge is 0.490 e. The third-order valence-electron chi connectivity index (χ3n) is 5.26. The summed E-state index contributed by atoms with van der Waals surface area (Å²) in [6.45, 7) is 4.97. The number of thioether (sulfide) groups is 1. The molecule has 1 atom stereocenters. The van der Waals surface area contributed by atoms with Crippen LogP contribution in [0.1, 0.15) is 30.5 Å². The standard InChI is InChI=1S/C27H27ClN2O3S/c1-3-18-7-12-22(13-8-18)29-27-30-26(31)25(34-27)16-20-9-14-23(24(15-20)32-4-2)33-17-19-5-10-21(28)11-6-19/h5-16,27,29H,3-4,17H2,1-2H3,(H,30,31)/b25-16-/t27-/m0/s1. The molecule has 176 valence electrons. The van der Waals surface area contributed by atoms with Gasteiger partial charge in [0, 0.05) is 10.7 Å². The lowest BCUT2D eigenvalue weighted by atomic mass is 10.1. The van der Waals surface area contributed by atoms with Crippen molar-refractivity contribution in [3.05, 3.63) is 93.3 Å². The molecule has 0 unspecified atom stereocenters. The van der Waals surface area contributed by atoms with Crippen LogP contribution >= 0.6 is 23.4 Å². The first-order valence-corrected chi connectivity index (χ1v) is 12.5. The molecule has 1 heterocycles. The van der Waals surface area contributed by atoms with Gasteiger partial charge in [-0.15, -0.1) is 0 Å². The smallest absolute Gasteiger partial charge is 0.260 e. The Morgan fingerprint density at radius 3 is 2.41 bits per heavy atom. The van der Waals surface area contributed by atoms with Crippen LogP contribution in [-0.4, -0.2) is 18.0 Å². The number of ether oxygens (including phenoxy) is 2. The van der Waals surface area contributed by atoms with Gasteiger partial charge in [0.1, 0.15) is 6.61 Å². The van der Waals surface area contributed by atoms with E-state index in [1.807, 2.05) is 67.6 Å². The van der Waals surface area contributed by atoms with E-state index in [9.17, 15) is 4.79 Å². The molecule has 34 heavy (non-hydrogen) atoms. The van der Waals surface area contributed by atoms with Gasteiger partial charge in [0.15, 0.2) is 17.0 Å². The fourth-order valence-electron chi connectivity index (χ4n) is 3.45. The van der Waals surface area contributed by atoms with Crippen LogP contribution < -0.4 is 20.1 Å². The predicted octanol–water partition coefficient (Wildman–Crippen LogP) is 6.48. The molecular weight excluding hydrogens is 468 g/mol. The van der Waals surface area contributed by atoms with Gasteiger partial charge in [-0.1, -0.05) is 60.6 Å². The van der Waals surface area contributed by atoms with Crippen molar-refractivity contribution in [2.24, 2.45) is 0 Å². The molecule has 0 saturated carbocycles. The van der Waals surface area contributed by atoms with Gasteiger partial charge in [-0.2, -0.15) is 0 Å². The first-order chi connectivity index (χ1) is 16.5. The van der Waals surface area contributed by atoms with E-state index in [2.05, 4.69) is 29.7 Å². The number of amides is 1.